The number of benzene rings is 1. The van der Waals surface area contributed by atoms with Gasteiger partial charge in [0.1, 0.15) is 15.7 Å². The van der Waals surface area contributed by atoms with Crippen molar-refractivity contribution in [2.75, 3.05) is 12.0 Å². The molecule has 8 heteroatoms. The molecule has 2 aromatic heterocycles. The lowest BCUT2D eigenvalue weighted by Gasteiger charge is -2.08. The first-order valence-electron chi connectivity index (χ1n) is 7.44. The van der Waals surface area contributed by atoms with Crippen molar-refractivity contribution in [3.05, 3.63) is 46.4 Å². The number of aromatic nitrogens is 4. The topological polar surface area (TPSA) is 86.9 Å². The summed E-state index contributed by atoms with van der Waals surface area (Å²) < 4.78 is 25.8. The summed E-state index contributed by atoms with van der Waals surface area (Å²) in [5, 5.41) is 4.15. The van der Waals surface area contributed by atoms with Gasteiger partial charge in [0.2, 0.25) is 0 Å². The van der Waals surface area contributed by atoms with Crippen LogP contribution in [0.2, 0.25) is 0 Å². The predicted molar refractivity (Wildman–Crippen MR) is 92.7 cm³/mol. The Morgan fingerprint density at radius 3 is 2.58 bits per heavy atom. The van der Waals surface area contributed by atoms with E-state index in [2.05, 4.69) is 10.1 Å². The first kappa shape index (κ1) is 16.4. The fraction of sp³-hybridized carbons (Fsp3) is 0.312. The van der Waals surface area contributed by atoms with E-state index in [0.29, 0.717) is 17.1 Å². The van der Waals surface area contributed by atoms with E-state index in [4.69, 9.17) is 0 Å². The Labute approximate surface area is 139 Å². The SMILES string of the molecule is Cc1cc(-c2nc3ccccc3n2C)c(=O)n(CCS(C)(=O)=O)n1. The van der Waals surface area contributed by atoms with Crippen molar-refractivity contribution in [1.29, 1.82) is 0 Å². The molecule has 0 radical (unpaired) electrons. The second-order valence-electron chi connectivity index (χ2n) is 5.84. The van der Waals surface area contributed by atoms with E-state index in [-0.39, 0.29) is 17.9 Å². The molecule has 0 aliphatic rings. The molecular weight excluding hydrogens is 328 g/mol. The molecule has 0 aliphatic carbocycles. The Kier molecular flexibility index (Phi) is 4.00. The highest BCUT2D eigenvalue weighted by molar-refractivity contribution is 7.90. The van der Waals surface area contributed by atoms with Gasteiger partial charge >= 0.3 is 0 Å². The maximum Gasteiger partial charge on any atom is 0.277 e. The third-order valence-corrected chi connectivity index (χ3v) is 4.72. The molecule has 2 heterocycles. The fourth-order valence-electron chi connectivity index (χ4n) is 2.62. The molecule has 0 saturated heterocycles. The Morgan fingerprint density at radius 1 is 1.21 bits per heavy atom. The summed E-state index contributed by atoms with van der Waals surface area (Å²) in [5.41, 5.74) is 2.41. The van der Waals surface area contributed by atoms with E-state index in [1.807, 2.05) is 35.9 Å². The quantitative estimate of drug-likeness (QED) is 0.707. The van der Waals surface area contributed by atoms with E-state index in [9.17, 15) is 13.2 Å². The second-order valence-corrected chi connectivity index (χ2v) is 8.10. The molecular formula is C16H18N4O3S. The number of sulfone groups is 1. The Morgan fingerprint density at radius 2 is 1.92 bits per heavy atom. The molecule has 0 N–H and O–H groups in total. The zero-order valence-corrected chi connectivity index (χ0v) is 14.5. The molecule has 7 nitrogen and oxygen atoms in total. The highest BCUT2D eigenvalue weighted by Crippen LogP contribution is 2.21. The van der Waals surface area contributed by atoms with Gasteiger partial charge in [-0.1, -0.05) is 12.1 Å². The minimum atomic E-state index is -3.18. The summed E-state index contributed by atoms with van der Waals surface area (Å²) in [5.74, 6) is 0.408. The highest BCUT2D eigenvalue weighted by Gasteiger charge is 2.16. The number of para-hydroxylation sites is 2. The van der Waals surface area contributed by atoms with E-state index >= 15 is 0 Å². The molecule has 0 bridgehead atoms. The van der Waals surface area contributed by atoms with Gasteiger partial charge in [-0.15, -0.1) is 0 Å². The van der Waals surface area contributed by atoms with E-state index in [0.717, 1.165) is 17.3 Å². The molecule has 0 amide bonds. The zero-order chi connectivity index (χ0) is 17.5. The summed E-state index contributed by atoms with van der Waals surface area (Å²) in [7, 11) is -1.33. The van der Waals surface area contributed by atoms with Crippen molar-refractivity contribution >= 4 is 20.9 Å². The standard InChI is InChI=1S/C16H18N4O3S/c1-11-10-12(16(21)20(18-11)8-9-24(3,22)23)15-17-13-6-4-5-7-14(13)19(15)2/h4-7,10H,8-9H2,1-3H3. The molecule has 0 saturated carbocycles. The number of aryl methyl sites for hydroxylation is 3. The Balaban J connectivity index is 2.15. The van der Waals surface area contributed by atoms with E-state index in [1.54, 1.807) is 13.0 Å². The summed E-state index contributed by atoms with van der Waals surface area (Å²) in [6.45, 7) is 1.79. The summed E-state index contributed by atoms with van der Waals surface area (Å²) in [6.07, 6.45) is 1.14. The number of nitrogens with zero attached hydrogens (tertiary/aromatic N) is 4. The number of imidazole rings is 1. The lowest BCUT2D eigenvalue weighted by molar-refractivity contribution is 0.572. The van der Waals surface area contributed by atoms with Crippen molar-refractivity contribution in [2.45, 2.75) is 13.5 Å². The van der Waals surface area contributed by atoms with Crippen LogP contribution in [0.3, 0.4) is 0 Å². The van der Waals surface area contributed by atoms with Gasteiger partial charge in [-0.2, -0.15) is 5.10 Å². The molecule has 1 aromatic carbocycles. The van der Waals surface area contributed by atoms with Gasteiger partial charge in [-0.3, -0.25) is 4.79 Å². The minimum absolute atomic E-state index is 0.0241. The first-order chi connectivity index (χ1) is 11.3. The molecule has 24 heavy (non-hydrogen) atoms. The van der Waals surface area contributed by atoms with Crippen LogP contribution in [-0.4, -0.2) is 39.8 Å². The van der Waals surface area contributed by atoms with Crippen LogP contribution in [-0.2, 0) is 23.4 Å². The Bertz CT molecular complexity index is 1080. The monoisotopic (exact) mass is 346 g/mol. The van der Waals surface area contributed by atoms with Crippen LogP contribution in [0.5, 0.6) is 0 Å². The van der Waals surface area contributed by atoms with Crippen LogP contribution in [0.1, 0.15) is 5.69 Å². The summed E-state index contributed by atoms with van der Waals surface area (Å²) in [6, 6.07) is 9.30. The molecule has 0 fully saturated rings. The van der Waals surface area contributed by atoms with Crippen molar-refractivity contribution in [1.82, 2.24) is 19.3 Å². The third kappa shape index (κ3) is 3.09. The number of hydrogen-bond acceptors (Lipinski definition) is 5. The lowest BCUT2D eigenvalue weighted by atomic mass is 10.2. The van der Waals surface area contributed by atoms with Crippen LogP contribution in [0.15, 0.2) is 35.1 Å². The molecule has 0 spiro atoms. The van der Waals surface area contributed by atoms with E-state index in [1.165, 1.54) is 4.68 Å². The number of fused-ring (bicyclic) bond motifs is 1. The third-order valence-electron chi connectivity index (χ3n) is 3.80. The lowest BCUT2D eigenvalue weighted by Crippen LogP contribution is -2.28. The van der Waals surface area contributed by atoms with Gasteiger partial charge < -0.3 is 4.57 Å². The van der Waals surface area contributed by atoms with Crippen molar-refractivity contribution in [2.24, 2.45) is 7.05 Å². The van der Waals surface area contributed by atoms with Gasteiger partial charge in [0.05, 0.1) is 34.6 Å². The van der Waals surface area contributed by atoms with Gasteiger partial charge in [0, 0.05) is 13.3 Å². The molecule has 0 atom stereocenters. The summed E-state index contributed by atoms with van der Waals surface area (Å²) >= 11 is 0. The maximum absolute atomic E-state index is 12.7. The normalized spacial score (nSPS) is 12.0. The molecule has 3 rings (SSSR count). The zero-order valence-electron chi connectivity index (χ0n) is 13.7. The highest BCUT2D eigenvalue weighted by atomic mass is 32.2. The van der Waals surface area contributed by atoms with Crippen LogP contribution < -0.4 is 5.56 Å². The number of hydrogen-bond donors (Lipinski definition) is 0. The minimum Gasteiger partial charge on any atom is -0.327 e. The van der Waals surface area contributed by atoms with Crippen molar-refractivity contribution in [3.8, 4) is 11.4 Å². The van der Waals surface area contributed by atoms with Gasteiger partial charge in [0.25, 0.3) is 5.56 Å². The molecule has 0 aliphatic heterocycles. The molecule has 0 unspecified atom stereocenters. The molecule has 126 valence electrons. The maximum atomic E-state index is 12.7. The van der Waals surface area contributed by atoms with Crippen LogP contribution in [0.25, 0.3) is 22.4 Å². The average molecular weight is 346 g/mol. The van der Waals surface area contributed by atoms with Gasteiger partial charge in [-0.25, -0.2) is 18.1 Å². The fourth-order valence-corrected chi connectivity index (χ4v) is 3.13. The number of rotatable bonds is 4. The average Bonchev–Trinajstić information content (AvgIpc) is 2.84. The summed E-state index contributed by atoms with van der Waals surface area (Å²) in [4.78, 5) is 17.3. The van der Waals surface area contributed by atoms with Crippen LogP contribution >= 0.6 is 0 Å². The Hall–Kier alpha value is -2.48. The van der Waals surface area contributed by atoms with Crippen LogP contribution in [0, 0.1) is 6.92 Å². The second kappa shape index (κ2) is 5.86. The van der Waals surface area contributed by atoms with Crippen LogP contribution in [0.4, 0.5) is 0 Å². The smallest absolute Gasteiger partial charge is 0.277 e. The largest absolute Gasteiger partial charge is 0.327 e. The molecule has 3 aromatic rings. The predicted octanol–water partition coefficient (Wildman–Crippen LogP) is 1.15. The van der Waals surface area contributed by atoms with Crippen molar-refractivity contribution < 1.29 is 8.42 Å². The first-order valence-corrected chi connectivity index (χ1v) is 9.50. The van der Waals surface area contributed by atoms with Gasteiger partial charge in [-0.05, 0) is 25.1 Å². The van der Waals surface area contributed by atoms with Crippen molar-refractivity contribution in [3.63, 3.8) is 0 Å². The van der Waals surface area contributed by atoms with Gasteiger partial charge in [0.15, 0.2) is 0 Å². The van der Waals surface area contributed by atoms with E-state index < -0.39 is 9.84 Å².